The van der Waals surface area contributed by atoms with Gasteiger partial charge in [-0.05, 0) is 31.7 Å². The van der Waals surface area contributed by atoms with E-state index < -0.39 is 0 Å². The summed E-state index contributed by atoms with van der Waals surface area (Å²) < 4.78 is 0. The second-order valence-electron chi connectivity index (χ2n) is 3.58. The molecular weight excluding hydrogens is 206 g/mol. The molecule has 0 radical (unpaired) electrons. The molecule has 3 nitrogen and oxygen atoms in total. The van der Waals surface area contributed by atoms with Gasteiger partial charge < -0.3 is 11.1 Å². The number of aromatic nitrogens is 1. The monoisotopic (exact) mass is 225 g/mol. The molecule has 0 fully saturated rings. The lowest BCUT2D eigenvalue weighted by molar-refractivity contribution is 0.900. The molecule has 3 N–H and O–H groups in total. The molecule has 0 saturated heterocycles. The van der Waals surface area contributed by atoms with Gasteiger partial charge in [-0.1, -0.05) is 6.92 Å². The summed E-state index contributed by atoms with van der Waals surface area (Å²) in [6, 6.07) is 4.25. The van der Waals surface area contributed by atoms with Crippen LogP contribution >= 0.6 is 11.8 Å². The number of hydrogen-bond acceptors (Lipinski definition) is 4. The van der Waals surface area contributed by atoms with Gasteiger partial charge >= 0.3 is 0 Å². The Morgan fingerprint density at radius 1 is 1.53 bits per heavy atom. The predicted octanol–water partition coefficient (Wildman–Crippen LogP) is 2.53. The minimum absolute atomic E-state index is 0.436. The molecule has 0 amide bonds. The van der Waals surface area contributed by atoms with Crippen molar-refractivity contribution in [3.05, 3.63) is 17.8 Å². The SMILES string of the molecule is CCSCC(C)Nc1ccc(N)c(C)n1. The summed E-state index contributed by atoms with van der Waals surface area (Å²) >= 11 is 1.93. The molecule has 84 valence electrons. The second kappa shape index (κ2) is 5.85. The fraction of sp³-hybridized carbons (Fsp3) is 0.545. The summed E-state index contributed by atoms with van der Waals surface area (Å²) in [6.45, 7) is 6.25. The maximum atomic E-state index is 5.71. The molecule has 1 aromatic rings. The standard InChI is InChI=1S/C11H19N3S/c1-4-15-7-8(2)13-11-6-5-10(12)9(3)14-11/h5-6,8H,4,7,12H2,1-3H3,(H,13,14). The zero-order valence-electron chi connectivity index (χ0n) is 9.58. The van der Waals surface area contributed by atoms with Crippen molar-refractivity contribution < 1.29 is 0 Å². The number of aryl methyl sites for hydroxylation is 1. The van der Waals surface area contributed by atoms with Crippen LogP contribution in [0.15, 0.2) is 12.1 Å². The van der Waals surface area contributed by atoms with Gasteiger partial charge in [-0.25, -0.2) is 4.98 Å². The van der Waals surface area contributed by atoms with E-state index in [0.717, 1.165) is 28.7 Å². The largest absolute Gasteiger partial charge is 0.397 e. The molecule has 1 heterocycles. The summed E-state index contributed by atoms with van der Waals surface area (Å²) in [7, 11) is 0. The number of hydrogen-bond donors (Lipinski definition) is 2. The van der Waals surface area contributed by atoms with Crippen molar-refractivity contribution in [2.24, 2.45) is 0 Å². The Bertz CT molecular complexity index is 315. The average molecular weight is 225 g/mol. The minimum Gasteiger partial charge on any atom is -0.397 e. The van der Waals surface area contributed by atoms with Crippen LogP contribution in [-0.2, 0) is 0 Å². The molecule has 1 unspecified atom stereocenters. The van der Waals surface area contributed by atoms with E-state index in [1.807, 2.05) is 30.8 Å². The van der Waals surface area contributed by atoms with Gasteiger partial charge in [0.15, 0.2) is 0 Å². The van der Waals surface area contributed by atoms with Crippen molar-refractivity contribution in [2.75, 3.05) is 22.6 Å². The molecule has 1 rings (SSSR count). The predicted molar refractivity (Wildman–Crippen MR) is 69.5 cm³/mol. The second-order valence-corrected chi connectivity index (χ2v) is 4.89. The van der Waals surface area contributed by atoms with Crippen LogP contribution in [0.2, 0.25) is 0 Å². The van der Waals surface area contributed by atoms with Crippen LogP contribution < -0.4 is 11.1 Å². The molecular formula is C11H19N3S. The van der Waals surface area contributed by atoms with Gasteiger partial charge in [-0.2, -0.15) is 11.8 Å². The number of nitrogens with two attached hydrogens (primary N) is 1. The Morgan fingerprint density at radius 3 is 2.87 bits per heavy atom. The molecule has 1 aromatic heterocycles. The number of anilines is 2. The lowest BCUT2D eigenvalue weighted by Crippen LogP contribution is -2.19. The highest BCUT2D eigenvalue weighted by Crippen LogP contribution is 2.13. The minimum atomic E-state index is 0.436. The van der Waals surface area contributed by atoms with Crippen LogP contribution in [0.25, 0.3) is 0 Å². The first kappa shape index (κ1) is 12.2. The van der Waals surface area contributed by atoms with Crippen LogP contribution in [0, 0.1) is 6.92 Å². The van der Waals surface area contributed by atoms with E-state index in [1.165, 1.54) is 0 Å². The van der Waals surface area contributed by atoms with Gasteiger partial charge in [-0.15, -0.1) is 0 Å². The molecule has 0 aliphatic heterocycles. The van der Waals surface area contributed by atoms with Gasteiger partial charge in [0.05, 0.1) is 11.4 Å². The van der Waals surface area contributed by atoms with Crippen molar-refractivity contribution in [3.8, 4) is 0 Å². The third-order valence-corrected chi connectivity index (χ3v) is 3.24. The van der Waals surface area contributed by atoms with Crippen LogP contribution in [0.5, 0.6) is 0 Å². The van der Waals surface area contributed by atoms with Crippen molar-refractivity contribution >= 4 is 23.3 Å². The normalized spacial score (nSPS) is 12.5. The Kier molecular flexibility index (Phi) is 4.75. The summed E-state index contributed by atoms with van der Waals surface area (Å²) in [5, 5.41) is 3.36. The van der Waals surface area contributed by atoms with Crippen LogP contribution in [-0.4, -0.2) is 22.5 Å². The van der Waals surface area contributed by atoms with Gasteiger partial charge in [0.25, 0.3) is 0 Å². The number of rotatable bonds is 5. The Hall–Kier alpha value is -0.900. The van der Waals surface area contributed by atoms with Crippen LogP contribution in [0.1, 0.15) is 19.5 Å². The Balaban J connectivity index is 2.53. The van der Waals surface area contributed by atoms with Crippen molar-refractivity contribution in [1.82, 2.24) is 4.98 Å². The summed E-state index contributed by atoms with van der Waals surface area (Å²) in [4.78, 5) is 4.38. The quantitative estimate of drug-likeness (QED) is 0.808. The van der Waals surface area contributed by atoms with E-state index in [9.17, 15) is 0 Å². The number of nitrogen functional groups attached to an aromatic ring is 1. The fourth-order valence-electron chi connectivity index (χ4n) is 1.24. The molecule has 0 bridgehead atoms. The first-order valence-electron chi connectivity index (χ1n) is 5.21. The van der Waals surface area contributed by atoms with Crippen molar-refractivity contribution in [1.29, 1.82) is 0 Å². The third-order valence-electron chi connectivity index (χ3n) is 2.09. The van der Waals surface area contributed by atoms with Crippen molar-refractivity contribution in [3.63, 3.8) is 0 Å². The summed E-state index contributed by atoms with van der Waals surface area (Å²) in [6.07, 6.45) is 0. The molecule has 0 aromatic carbocycles. The number of nitrogens with one attached hydrogen (secondary N) is 1. The van der Waals surface area contributed by atoms with E-state index in [1.54, 1.807) is 0 Å². The Labute approximate surface area is 95.9 Å². The molecule has 15 heavy (non-hydrogen) atoms. The van der Waals surface area contributed by atoms with E-state index in [2.05, 4.69) is 24.1 Å². The fourth-order valence-corrected chi connectivity index (χ4v) is 1.91. The average Bonchev–Trinajstić information content (AvgIpc) is 2.20. The molecule has 0 spiro atoms. The first-order chi connectivity index (χ1) is 7.13. The zero-order chi connectivity index (χ0) is 11.3. The highest BCUT2D eigenvalue weighted by Gasteiger charge is 2.03. The van der Waals surface area contributed by atoms with Crippen molar-refractivity contribution in [2.45, 2.75) is 26.8 Å². The smallest absolute Gasteiger partial charge is 0.126 e. The molecule has 0 saturated carbocycles. The molecule has 0 aliphatic carbocycles. The van der Waals surface area contributed by atoms with E-state index in [-0.39, 0.29) is 0 Å². The van der Waals surface area contributed by atoms with Gasteiger partial charge in [-0.3, -0.25) is 0 Å². The first-order valence-corrected chi connectivity index (χ1v) is 6.36. The summed E-state index contributed by atoms with van der Waals surface area (Å²) in [5.41, 5.74) is 7.34. The maximum Gasteiger partial charge on any atom is 0.126 e. The van der Waals surface area contributed by atoms with Crippen LogP contribution in [0.4, 0.5) is 11.5 Å². The van der Waals surface area contributed by atoms with E-state index in [4.69, 9.17) is 5.73 Å². The molecule has 0 aliphatic rings. The summed E-state index contributed by atoms with van der Waals surface area (Å²) in [5.74, 6) is 3.16. The topological polar surface area (TPSA) is 50.9 Å². The van der Waals surface area contributed by atoms with E-state index in [0.29, 0.717) is 6.04 Å². The lowest BCUT2D eigenvalue weighted by atomic mass is 10.3. The third kappa shape index (κ3) is 4.00. The number of nitrogens with zero attached hydrogens (tertiary/aromatic N) is 1. The van der Waals surface area contributed by atoms with Gasteiger partial charge in [0.2, 0.25) is 0 Å². The van der Waals surface area contributed by atoms with E-state index >= 15 is 0 Å². The molecule has 4 heteroatoms. The Morgan fingerprint density at radius 2 is 2.27 bits per heavy atom. The van der Waals surface area contributed by atoms with Gasteiger partial charge in [0.1, 0.15) is 5.82 Å². The zero-order valence-corrected chi connectivity index (χ0v) is 10.4. The maximum absolute atomic E-state index is 5.71. The van der Waals surface area contributed by atoms with Gasteiger partial charge in [0, 0.05) is 11.8 Å². The number of pyridine rings is 1. The lowest BCUT2D eigenvalue weighted by Gasteiger charge is -2.14. The number of thioether (sulfide) groups is 1. The highest BCUT2D eigenvalue weighted by molar-refractivity contribution is 7.99. The van der Waals surface area contributed by atoms with Crippen LogP contribution in [0.3, 0.4) is 0 Å². The molecule has 1 atom stereocenters. The highest BCUT2D eigenvalue weighted by atomic mass is 32.2.